The number of hydrogen-bond acceptors (Lipinski definition) is 3. The standard InChI is InChI=1S/C18H23N3O2/c1-12-6-5-9-15(13(12)2)20-17(22)10-21-11-19-16-8-4-3-7-14(16)18(21)23/h3-4,7-8,11-13,15H,5-6,9-10H2,1-2H3,(H,20,22)/t12-,13+,15-/m1/s1. The summed E-state index contributed by atoms with van der Waals surface area (Å²) in [6.07, 6.45) is 4.84. The number of amides is 1. The normalized spacial score (nSPS) is 24.5. The smallest absolute Gasteiger partial charge is 0.261 e. The maximum atomic E-state index is 12.4. The second kappa shape index (κ2) is 6.52. The third-order valence-electron chi connectivity index (χ3n) is 5.10. The molecule has 0 saturated heterocycles. The number of carbonyl (C=O) groups excluding carboxylic acids is 1. The lowest BCUT2D eigenvalue weighted by atomic mass is 9.78. The van der Waals surface area contributed by atoms with Crippen LogP contribution in [0.2, 0.25) is 0 Å². The predicted octanol–water partition coefficient (Wildman–Crippen LogP) is 2.34. The highest BCUT2D eigenvalue weighted by atomic mass is 16.2. The van der Waals surface area contributed by atoms with Crippen molar-refractivity contribution in [1.29, 1.82) is 0 Å². The summed E-state index contributed by atoms with van der Waals surface area (Å²) in [5, 5.41) is 3.64. The zero-order valence-electron chi connectivity index (χ0n) is 13.7. The molecule has 0 unspecified atom stereocenters. The molecular formula is C18H23N3O2. The van der Waals surface area contributed by atoms with Crippen LogP contribution >= 0.6 is 0 Å². The van der Waals surface area contributed by atoms with E-state index in [2.05, 4.69) is 24.1 Å². The number of hydrogen-bond donors (Lipinski definition) is 1. The molecule has 1 aliphatic carbocycles. The average Bonchev–Trinajstić information content (AvgIpc) is 2.55. The summed E-state index contributed by atoms with van der Waals surface area (Å²) in [5.74, 6) is 0.980. The highest BCUT2D eigenvalue weighted by Crippen LogP contribution is 2.29. The van der Waals surface area contributed by atoms with Gasteiger partial charge in [0, 0.05) is 6.04 Å². The molecule has 3 atom stereocenters. The lowest BCUT2D eigenvalue weighted by Gasteiger charge is -2.34. The Balaban J connectivity index is 1.73. The molecule has 122 valence electrons. The van der Waals surface area contributed by atoms with Gasteiger partial charge in [0.15, 0.2) is 0 Å². The van der Waals surface area contributed by atoms with Crippen LogP contribution in [-0.4, -0.2) is 21.5 Å². The van der Waals surface area contributed by atoms with Crippen molar-refractivity contribution in [3.63, 3.8) is 0 Å². The van der Waals surface area contributed by atoms with Gasteiger partial charge in [-0.15, -0.1) is 0 Å². The second-order valence-corrected chi connectivity index (χ2v) is 6.64. The fraction of sp³-hybridized carbons (Fsp3) is 0.500. The minimum atomic E-state index is -0.171. The molecule has 23 heavy (non-hydrogen) atoms. The zero-order valence-corrected chi connectivity index (χ0v) is 13.7. The Morgan fingerprint density at radius 1 is 1.30 bits per heavy atom. The lowest BCUT2D eigenvalue weighted by Crippen LogP contribution is -2.45. The highest BCUT2D eigenvalue weighted by Gasteiger charge is 2.28. The molecule has 3 rings (SSSR count). The second-order valence-electron chi connectivity index (χ2n) is 6.64. The van der Waals surface area contributed by atoms with Crippen molar-refractivity contribution in [2.75, 3.05) is 0 Å². The number of carbonyl (C=O) groups is 1. The maximum absolute atomic E-state index is 12.4. The van der Waals surface area contributed by atoms with Crippen LogP contribution in [0.15, 0.2) is 35.4 Å². The quantitative estimate of drug-likeness (QED) is 0.946. The minimum absolute atomic E-state index is 0.0221. The Morgan fingerprint density at radius 2 is 2.09 bits per heavy atom. The molecule has 1 aliphatic rings. The Morgan fingerprint density at radius 3 is 2.91 bits per heavy atom. The van der Waals surface area contributed by atoms with Crippen LogP contribution in [0.4, 0.5) is 0 Å². The van der Waals surface area contributed by atoms with Crippen molar-refractivity contribution in [2.45, 2.75) is 45.7 Å². The molecule has 1 aromatic carbocycles. The van der Waals surface area contributed by atoms with Crippen LogP contribution < -0.4 is 10.9 Å². The van der Waals surface area contributed by atoms with Crippen molar-refractivity contribution in [3.8, 4) is 0 Å². The summed E-state index contributed by atoms with van der Waals surface area (Å²) in [6.45, 7) is 4.45. The molecule has 5 nitrogen and oxygen atoms in total. The van der Waals surface area contributed by atoms with Gasteiger partial charge in [-0.2, -0.15) is 0 Å². The van der Waals surface area contributed by atoms with Crippen molar-refractivity contribution in [2.24, 2.45) is 11.8 Å². The van der Waals surface area contributed by atoms with E-state index >= 15 is 0 Å². The summed E-state index contributed by atoms with van der Waals surface area (Å²) in [4.78, 5) is 29.0. The van der Waals surface area contributed by atoms with Crippen LogP contribution in [0.3, 0.4) is 0 Å². The van der Waals surface area contributed by atoms with Crippen molar-refractivity contribution in [1.82, 2.24) is 14.9 Å². The van der Waals surface area contributed by atoms with Crippen LogP contribution in [0.25, 0.3) is 10.9 Å². The molecule has 5 heteroatoms. The first-order valence-corrected chi connectivity index (χ1v) is 8.30. The third kappa shape index (κ3) is 3.28. The Labute approximate surface area is 135 Å². The first-order valence-electron chi connectivity index (χ1n) is 8.30. The maximum Gasteiger partial charge on any atom is 0.261 e. The number of rotatable bonds is 3. The molecular weight excluding hydrogens is 290 g/mol. The van der Waals surface area contributed by atoms with Gasteiger partial charge < -0.3 is 5.32 Å². The van der Waals surface area contributed by atoms with E-state index in [4.69, 9.17) is 0 Å². The number of fused-ring (bicyclic) bond motifs is 1. The Bertz CT molecular complexity index is 768. The van der Waals surface area contributed by atoms with Crippen molar-refractivity contribution in [3.05, 3.63) is 40.9 Å². The zero-order chi connectivity index (χ0) is 16.4. The van der Waals surface area contributed by atoms with Gasteiger partial charge in [0.25, 0.3) is 5.56 Å². The van der Waals surface area contributed by atoms with Gasteiger partial charge >= 0.3 is 0 Å². The topological polar surface area (TPSA) is 64.0 Å². The largest absolute Gasteiger partial charge is 0.352 e. The summed E-state index contributed by atoms with van der Waals surface area (Å²) in [7, 11) is 0. The van der Waals surface area contributed by atoms with Crippen molar-refractivity contribution < 1.29 is 4.79 Å². The van der Waals surface area contributed by atoms with E-state index in [0.717, 1.165) is 12.8 Å². The number of nitrogens with one attached hydrogen (secondary N) is 1. The van der Waals surface area contributed by atoms with Gasteiger partial charge in [-0.1, -0.05) is 38.8 Å². The van der Waals surface area contributed by atoms with Gasteiger partial charge in [0.1, 0.15) is 6.54 Å². The van der Waals surface area contributed by atoms with Crippen molar-refractivity contribution >= 4 is 16.8 Å². The van der Waals surface area contributed by atoms with E-state index in [1.54, 1.807) is 18.2 Å². The number of nitrogens with zero attached hydrogens (tertiary/aromatic N) is 2. The van der Waals surface area contributed by atoms with Crippen LogP contribution in [-0.2, 0) is 11.3 Å². The van der Waals surface area contributed by atoms with Gasteiger partial charge in [-0.05, 0) is 30.4 Å². The molecule has 1 saturated carbocycles. The van der Waals surface area contributed by atoms with E-state index in [0.29, 0.717) is 22.7 Å². The van der Waals surface area contributed by atoms with Gasteiger partial charge in [-0.3, -0.25) is 14.2 Å². The SMILES string of the molecule is C[C@H]1[C@H](C)CCC[C@H]1NC(=O)Cn1cnc2ccccc2c1=O. The Kier molecular flexibility index (Phi) is 4.46. The molecule has 1 amide bonds. The van der Waals surface area contributed by atoms with Gasteiger partial charge in [0.05, 0.1) is 17.2 Å². The molecule has 1 fully saturated rings. The molecule has 1 N–H and O–H groups in total. The highest BCUT2D eigenvalue weighted by molar-refractivity contribution is 5.79. The van der Waals surface area contributed by atoms with E-state index in [1.807, 2.05) is 6.07 Å². The first kappa shape index (κ1) is 15.7. The van der Waals surface area contributed by atoms with E-state index in [1.165, 1.54) is 17.3 Å². The van der Waals surface area contributed by atoms with E-state index < -0.39 is 0 Å². The summed E-state index contributed by atoms with van der Waals surface area (Å²) in [6, 6.07) is 7.39. The Hall–Kier alpha value is -2.17. The molecule has 0 aliphatic heterocycles. The predicted molar refractivity (Wildman–Crippen MR) is 90.1 cm³/mol. The fourth-order valence-electron chi connectivity index (χ4n) is 3.41. The third-order valence-corrected chi connectivity index (χ3v) is 5.10. The fourth-order valence-corrected chi connectivity index (χ4v) is 3.41. The van der Waals surface area contributed by atoms with Gasteiger partial charge in [0.2, 0.25) is 5.91 Å². The summed E-state index contributed by atoms with van der Waals surface area (Å²) in [5.41, 5.74) is 0.486. The molecule has 1 heterocycles. The van der Waals surface area contributed by atoms with E-state index in [-0.39, 0.29) is 24.1 Å². The van der Waals surface area contributed by atoms with Gasteiger partial charge in [-0.25, -0.2) is 4.98 Å². The summed E-state index contributed by atoms with van der Waals surface area (Å²) < 4.78 is 1.38. The van der Waals surface area contributed by atoms with Crippen LogP contribution in [0.5, 0.6) is 0 Å². The molecule has 2 aromatic rings. The molecule has 1 aromatic heterocycles. The molecule has 0 spiro atoms. The number of para-hydroxylation sites is 1. The molecule has 0 bridgehead atoms. The monoisotopic (exact) mass is 313 g/mol. The van der Waals surface area contributed by atoms with E-state index in [9.17, 15) is 9.59 Å². The lowest BCUT2D eigenvalue weighted by molar-refractivity contribution is -0.123. The first-order chi connectivity index (χ1) is 11.1. The number of aromatic nitrogens is 2. The summed E-state index contributed by atoms with van der Waals surface area (Å²) >= 11 is 0. The van der Waals surface area contributed by atoms with Crippen LogP contribution in [0.1, 0.15) is 33.1 Å². The average molecular weight is 313 g/mol. The minimum Gasteiger partial charge on any atom is -0.352 e. The van der Waals surface area contributed by atoms with Crippen LogP contribution in [0, 0.1) is 11.8 Å². The molecule has 0 radical (unpaired) electrons. The number of benzene rings is 1.